The van der Waals surface area contributed by atoms with Gasteiger partial charge < -0.3 is 19.7 Å². The molecular formula is C22H30N2O3S. The molecule has 6 heteroatoms. The Balaban J connectivity index is 1.35. The molecule has 2 amide bonds. The summed E-state index contributed by atoms with van der Waals surface area (Å²) in [6.45, 7) is 0.785. The summed E-state index contributed by atoms with van der Waals surface area (Å²) >= 11 is 1.82. The van der Waals surface area contributed by atoms with Gasteiger partial charge in [-0.05, 0) is 74.0 Å². The van der Waals surface area contributed by atoms with E-state index in [1.807, 2.05) is 34.9 Å². The second-order valence-electron chi connectivity index (χ2n) is 9.19. The van der Waals surface area contributed by atoms with Crippen molar-refractivity contribution in [1.29, 1.82) is 0 Å². The highest BCUT2D eigenvalue weighted by Gasteiger charge is 2.52. The topological polar surface area (TPSA) is 50.8 Å². The summed E-state index contributed by atoms with van der Waals surface area (Å²) in [6.07, 6.45) is 7.72. The highest BCUT2D eigenvalue weighted by molar-refractivity contribution is 7.99. The van der Waals surface area contributed by atoms with E-state index in [-0.39, 0.29) is 16.9 Å². The Morgan fingerprint density at radius 2 is 1.61 bits per heavy atom. The van der Waals surface area contributed by atoms with Gasteiger partial charge >= 0.3 is 6.03 Å². The maximum Gasteiger partial charge on any atom is 0.319 e. The van der Waals surface area contributed by atoms with E-state index in [0.717, 1.165) is 47.1 Å². The van der Waals surface area contributed by atoms with Crippen LogP contribution in [0.3, 0.4) is 0 Å². The Morgan fingerprint density at radius 1 is 1.04 bits per heavy atom. The maximum atomic E-state index is 13.4. The minimum atomic E-state index is 0.0120. The van der Waals surface area contributed by atoms with Crippen LogP contribution in [0.4, 0.5) is 4.79 Å². The number of carbonyl (C=O) groups excluding carboxylic acids is 1. The lowest BCUT2D eigenvalue weighted by molar-refractivity contribution is -0.0156. The van der Waals surface area contributed by atoms with Gasteiger partial charge in [0.05, 0.1) is 14.2 Å². The van der Waals surface area contributed by atoms with Crippen molar-refractivity contribution in [2.75, 3.05) is 26.5 Å². The highest BCUT2D eigenvalue weighted by atomic mass is 32.2. The smallest absolute Gasteiger partial charge is 0.319 e. The number of thioether (sulfide) groups is 1. The van der Waals surface area contributed by atoms with Crippen molar-refractivity contribution in [1.82, 2.24) is 10.2 Å². The zero-order chi connectivity index (χ0) is 19.3. The molecule has 4 saturated carbocycles. The van der Waals surface area contributed by atoms with E-state index in [2.05, 4.69) is 5.32 Å². The molecule has 4 aliphatic carbocycles. The number of amides is 2. The molecule has 28 heavy (non-hydrogen) atoms. The average Bonchev–Trinajstić information content (AvgIpc) is 3.16. The number of nitrogens with zero attached hydrogens (tertiary/aromatic N) is 1. The average molecular weight is 403 g/mol. The number of hydrogen-bond acceptors (Lipinski definition) is 4. The van der Waals surface area contributed by atoms with Gasteiger partial charge in [-0.3, -0.25) is 0 Å². The number of rotatable bonds is 4. The summed E-state index contributed by atoms with van der Waals surface area (Å²) in [7, 11) is 3.33. The first kappa shape index (κ1) is 18.5. The molecule has 1 unspecified atom stereocenters. The van der Waals surface area contributed by atoms with Gasteiger partial charge in [0.25, 0.3) is 0 Å². The molecule has 0 radical (unpaired) electrons. The highest BCUT2D eigenvalue weighted by Crippen LogP contribution is 2.55. The Hall–Kier alpha value is -1.56. The molecule has 5 fully saturated rings. The fourth-order valence-corrected chi connectivity index (χ4v) is 7.72. The van der Waals surface area contributed by atoms with E-state index < -0.39 is 0 Å². The van der Waals surface area contributed by atoms with Crippen LogP contribution in [0.25, 0.3) is 0 Å². The van der Waals surface area contributed by atoms with Crippen LogP contribution in [0, 0.1) is 17.8 Å². The summed E-state index contributed by atoms with van der Waals surface area (Å²) in [5.74, 6) is 4.99. The lowest BCUT2D eigenvalue weighted by Gasteiger charge is -2.57. The van der Waals surface area contributed by atoms with Crippen molar-refractivity contribution in [3.05, 3.63) is 23.8 Å². The molecule has 1 aliphatic heterocycles. The van der Waals surface area contributed by atoms with Crippen LogP contribution in [0.5, 0.6) is 11.5 Å². The summed E-state index contributed by atoms with van der Waals surface area (Å²) < 4.78 is 10.9. The molecule has 5 aliphatic rings. The van der Waals surface area contributed by atoms with Crippen molar-refractivity contribution in [2.45, 2.75) is 49.4 Å². The number of ether oxygens (including phenoxy) is 2. The van der Waals surface area contributed by atoms with Gasteiger partial charge in [0.2, 0.25) is 0 Å². The molecule has 5 nitrogen and oxygen atoms in total. The normalized spacial score (nSPS) is 35.9. The Kier molecular flexibility index (Phi) is 4.65. The largest absolute Gasteiger partial charge is 0.497 e. The molecule has 1 aromatic rings. The van der Waals surface area contributed by atoms with Gasteiger partial charge in [-0.15, -0.1) is 11.8 Å². The van der Waals surface area contributed by atoms with Crippen molar-refractivity contribution in [2.24, 2.45) is 17.8 Å². The van der Waals surface area contributed by atoms with E-state index in [0.29, 0.717) is 0 Å². The van der Waals surface area contributed by atoms with E-state index in [1.165, 1.54) is 38.5 Å². The molecule has 4 bridgehead atoms. The van der Waals surface area contributed by atoms with Crippen LogP contribution in [0.2, 0.25) is 0 Å². The van der Waals surface area contributed by atoms with Crippen LogP contribution in [-0.2, 0) is 0 Å². The first-order valence-electron chi connectivity index (χ1n) is 10.5. The summed E-state index contributed by atoms with van der Waals surface area (Å²) in [6, 6.07) is 6.04. The molecule has 0 aromatic heterocycles. The molecule has 6 rings (SSSR count). The molecular weight excluding hydrogens is 372 g/mol. The lowest BCUT2D eigenvalue weighted by atomic mass is 9.53. The third kappa shape index (κ3) is 3.23. The minimum absolute atomic E-state index is 0.0120. The second kappa shape index (κ2) is 7.05. The maximum absolute atomic E-state index is 13.4. The van der Waals surface area contributed by atoms with Gasteiger partial charge in [0, 0.05) is 23.9 Å². The summed E-state index contributed by atoms with van der Waals surface area (Å²) in [5, 5.41) is 3.55. The van der Waals surface area contributed by atoms with Crippen LogP contribution in [-0.4, -0.2) is 43.0 Å². The monoisotopic (exact) mass is 402 g/mol. The fourth-order valence-electron chi connectivity index (χ4n) is 6.49. The zero-order valence-electron chi connectivity index (χ0n) is 16.8. The van der Waals surface area contributed by atoms with Crippen LogP contribution in [0.15, 0.2) is 18.2 Å². The number of hydrogen-bond donors (Lipinski definition) is 1. The predicted molar refractivity (Wildman–Crippen MR) is 111 cm³/mol. The first-order chi connectivity index (χ1) is 13.6. The molecule has 1 aromatic carbocycles. The van der Waals surface area contributed by atoms with Crippen LogP contribution < -0.4 is 14.8 Å². The van der Waals surface area contributed by atoms with Gasteiger partial charge in [0.15, 0.2) is 0 Å². The second-order valence-corrected chi connectivity index (χ2v) is 10.4. The summed E-state index contributed by atoms with van der Waals surface area (Å²) in [4.78, 5) is 15.4. The first-order valence-corrected chi connectivity index (χ1v) is 11.6. The third-order valence-corrected chi connectivity index (χ3v) is 8.48. The summed E-state index contributed by atoms with van der Waals surface area (Å²) in [5.41, 5.74) is 1.12. The van der Waals surface area contributed by atoms with E-state index in [4.69, 9.17) is 9.47 Å². The third-order valence-electron chi connectivity index (χ3n) is 7.22. The van der Waals surface area contributed by atoms with Crippen molar-refractivity contribution < 1.29 is 14.3 Å². The fraction of sp³-hybridized carbons (Fsp3) is 0.682. The molecule has 1 N–H and O–H groups in total. The quantitative estimate of drug-likeness (QED) is 0.809. The number of nitrogens with one attached hydrogen (secondary N) is 1. The number of urea groups is 1. The van der Waals surface area contributed by atoms with E-state index in [1.54, 1.807) is 14.2 Å². The minimum Gasteiger partial charge on any atom is -0.497 e. The number of methoxy groups -OCH3 is 2. The zero-order valence-corrected chi connectivity index (χ0v) is 17.6. The van der Waals surface area contributed by atoms with Gasteiger partial charge in [-0.1, -0.05) is 0 Å². The molecule has 1 atom stereocenters. The Morgan fingerprint density at radius 3 is 2.14 bits per heavy atom. The molecule has 1 saturated heterocycles. The van der Waals surface area contributed by atoms with Crippen LogP contribution in [0.1, 0.15) is 49.5 Å². The number of benzene rings is 1. The Bertz CT molecular complexity index is 711. The van der Waals surface area contributed by atoms with Crippen molar-refractivity contribution >= 4 is 17.8 Å². The van der Waals surface area contributed by atoms with Crippen molar-refractivity contribution in [3.8, 4) is 11.5 Å². The van der Waals surface area contributed by atoms with Crippen molar-refractivity contribution in [3.63, 3.8) is 0 Å². The van der Waals surface area contributed by atoms with Gasteiger partial charge in [-0.2, -0.15) is 0 Å². The van der Waals surface area contributed by atoms with Gasteiger partial charge in [0.1, 0.15) is 16.9 Å². The Labute approximate surface area is 171 Å². The van der Waals surface area contributed by atoms with E-state index in [9.17, 15) is 4.79 Å². The standard InChI is InChI=1S/C22H30N2O3S/c1-26-18-8-17(9-19(10-18)27-2)20-24(3-4-28-20)21(25)23-22-11-14-5-15(12-22)7-16(6-14)13-22/h8-10,14-16,20H,3-7,11-13H2,1-2H3,(H,23,25). The molecule has 0 spiro atoms. The SMILES string of the molecule is COc1cc(OC)cc(C2SCCN2C(=O)NC23CC4CC(CC(C4)C2)C3)c1. The lowest BCUT2D eigenvalue weighted by Crippen LogP contribution is -2.61. The molecule has 152 valence electrons. The molecule has 1 heterocycles. The predicted octanol–water partition coefficient (Wildman–Crippen LogP) is 4.43. The van der Waals surface area contributed by atoms with E-state index >= 15 is 0 Å². The van der Waals surface area contributed by atoms with Gasteiger partial charge in [-0.25, -0.2) is 4.79 Å². The van der Waals surface area contributed by atoms with Crippen LogP contribution >= 0.6 is 11.8 Å². The number of carbonyl (C=O) groups is 1.